The van der Waals surface area contributed by atoms with Crippen molar-refractivity contribution in [2.75, 3.05) is 12.3 Å². The Morgan fingerprint density at radius 1 is 1.17 bits per heavy atom. The van der Waals surface area contributed by atoms with Crippen molar-refractivity contribution in [3.8, 4) is 0 Å². The predicted octanol–water partition coefficient (Wildman–Crippen LogP) is 3.07. The topological polar surface area (TPSA) is 55.4 Å². The number of amides is 1. The molecule has 1 heterocycles. The maximum Gasteiger partial charge on any atom is 0.339 e. The molecule has 124 valence electrons. The number of benzene rings is 2. The average molecular weight is 341 g/mol. The third kappa shape index (κ3) is 3.62. The Labute approximate surface area is 145 Å². The van der Waals surface area contributed by atoms with E-state index in [9.17, 15) is 9.59 Å². The normalized spacial score (nSPS) is 19.3. The Hall–Kier alpha value is -2.27. The van der Waals surface area contributed by atoms with Crippen LogP contribution in [-0.4, -0.2) is 29.8 Å². The molecule has 2 aromatic rings. The SMILES string of the molecule is CC1(C(=O)NCCSc2ccccc2)Cc2ccccc2C(=O)O1. The number of cyclic esters (lactones) is 1. The minimum atomic E-state index is -1.15. The number of carbonyl (C=O) groups is 2. The van der Waals surface area contributed by atoms with E-state index in [4.69, 9.17) is 4.74 Å². The molecule has 0 radical (unpaired) electrons. The summed E-state index contributed by atoms with van der Waals surface area (Å²) in [5.74, 6) is 0.0725. The summed E-state index contributed by atoms with van der Waals surface area (Å²) in [5, 5.41) is 2.88. The van der Waals surface area contributed by atoms with Crippen molar-refractivity contribution in [3.63, 3.8) is 0 Å². The lowest BCUT2D eigenvalue weighted by Crippen LogP contribution is -2.52. The molecule has 3 rings (SSSR count). The molecule has 0 saturated carbocycles. The van der Waals surface area contributed by atoms with E-state index >= 15 is 0 Å². The van der Waals surface area contributed by atoms with Crippen LogP contribution in [0.4, 0.5) is 0 Å². The number of fused-ring (bicyclic) bond motifs is 1. The highest BCUT2D eigenvalue weighted by molar-refractivity contribution is 7.99. The molecule has 2 aromatic carbocycles. The molecule has 1 aliphatic rings. The Morgan fingerprint density at radius 2 is 1.88 bits per heavy atom. The number of rotatable bonds is 5. The summed E-state index contributed by atoms with van der Waals surface area (Å²) in [5.41, 5.74) is 0.246. The van der Waals surface area contributed by atoms with Crippen LogP contribution in [0.1, 0.15) is 22.8 Å². The van der Waals surface area contributed by atoms with Gasteiger partial charge in [-0.25, -0.2) is 4.79 Å². The molecule has 1 atom stereocenters. The zero-order valence-corrected chi connectivity index (χ0v) is 14.3. The van der Waals surface area contributed by atoms with Gasteiger partial charge in [0.2, 0.25) is 0 Å². The van der Waals surface area contributed by atoms with Crippen LogP contribution in [0.15, 0.2) is 59.5 Å². The number of hydrogen-bond acceptors (Lipinski definition) is 4. The summed E-state index contributed by atoms with van der Waals surface area (Å²) >= 11 is 1.67. The Kier molecular flexibility index (Phi) is 4.90. The van der Waals surface area contributed by atoms with Gasteiger partial charge in [-0.1, -0.05) is 36.4 Å². The van der Waals surface area contributed by atoms with E-state index in [2.05, 4.69) is 5.32 Å². The standard InChI is InChI=1S/C19H19NO3S/c1-19(13-14-7-5-6-10-16(14)17(21)23-19)18(22)20-11-12-24-15-8-3-2-4-9-15/h2-10H,11-13H2,1H3,(H,20,22). The number of hydrogen-bond donors (Lipinski definition) is 1. The number of esters is 1. The van der Waals surface area contributed by atoms with Gasteiger partial charge in [0.25, 0.3) is 5.91 Å². The fourth-order valence-electron chi connectivity index (χ4n) is 2.70. The van der Waals surface area contributed by atoms with E-state index < -0.39 is 11.6 Å². The lowest BCUT2D eigenvalue weighted by Gasteiger charge is -2.33. The van der Waals surface area contributed by atoms with Crippen LogP contribution in [0.5, 0.6) is 0 Å². The van der Waals surface area contributed by atoms with Crippen molar-refractivity contribution in [2.45, 2.75) is 23.8 Å². The molecular weight excluding hydrogens is 322 g/mol. The van der Waals surface area contributed by atoms with Crippen molar-refractivity contribution in [3.05, 3.63) is 65.7 Å². The largest absolute Gasteiger partial charge is 0.445 e. The Morgan fingerprint density at radius 3 is 2.67 bits per heavy atom. The molecule has 0 aromatic heterocycles. The Bertz CT molecular complexity index is 747. The molecule has 0 aliphatic carbocycles. The van der Waals surface area contributed by atoms with E-state index in [0.717, 1.165) is 16.2 Å². The highest BCUT2D eigenvalue weighted by Crippen LogP contribution is 2.28. The van der Waals surface area contributed by atoms with Crippen LogP contribution in [0.3, 0.4) is 0 Å². The maximum atomic E-state index is 12.5. The van der Waals surface area contributed by atoms with E-state index in [0.29, 0.717) is 18.5 Å². The van der Waals surface area contributed by atoms with Gasteiger partial charge in [0.15, 0.2) is 5.60 Å². The van der Waals surface area contributed by atoms with E-state index in [1.54, 1.807) is 30.8 Å². The number of thioether (sulfide) groups is 1. The average Bonchev–Trinajstić information content (AvgIpc) is 2.59. The van der Waals surface area contributed by atoms with Crippen LogP contribution in [0.2, 0.25) is 0 Å². The van der Waals surface area contributed by atoms with Crippen LogP contribution >= 0.6 is 11.8 Å². The molecule has 0 spiro atoms. The van der Waals surface area contributed by atoms with Gasteiger partial charge in [0, 0.05) is 23.6 Å². The third-order valence-corrected chi connectivity index (χ3v) is 4.98. The minimum Gasteiger partial charge on any atom is -0.445 e. The van der Waals surface area contributed by atoms with Gasteiger partial charge < -0.3 is 10.1 Å². The summed E-state index contributed by atoms with van der Waals surface area (Å²) in [7, 11) is 0. The molecular formula is C19H19NO3S. The molecule has 1 unspecified atom stereocenters. The summed E-state index contributed by atoms with van der Waals surface area (Å²) in [6.45, 7) is 2.19. The molecule has 0 bridgehead atoms. The second-order valence-corrected chi connectivity index (χ2v) is 7.04. The van der Waals surface area contributed by atoms with Crippen molar-refractivity contribution in [1.82, 2.24) is 5.32 Å². The molecule has 4 nitrogen and oxygen atoms in total. The monoisotopic (exact) mass is 341 g/mol. The van der Waals surface area contributed by atoms with Gasteiger partial charge in [0.1, 0.15) is 0 Å². The van der Waals surface area contributed by atoms with Crippen molar-refractivity contribution >= 4 is 23.6 Å². The first-order valence-electron chi connectivity index (χ1n) is 7.86. The number of carbonyl (C=O) groups excluding carboxylic acids is 2. The van der Waals surface area contributed by atoms with Crippen LogP contribution in [-0.2, 0) is 16.0 Å². The summed E-state index contributed by atoms with van der Waals surface area (Å²) in [6.07, 6.45) is 0.395. The smallest absolute Gasteiger partial charge is 0.339 e. The fourth-order valence-corrected chi connectivity index (χ4v) is 3.49. The van der Waals surface area contributed by atoms with E-state index in [1.807, 2.05) is 42.5 Å². The Balaban J connectivity index is 1.56. The zero-order chi connectivity index (χ0) is 17.0. The van der Waals surface area contributed by atoms with Gasteiger partial charge >= 0.3 is 5.97 Å². The van der Waals surface area contributed by atoms with Gasteiger partial charge in [-0.05, 0) is 30.7 Å². The molecule has 0 fully saturated rings. The first-order valence-corrected chi connectivity index (χ1v) is 8.84. The fraction of sp³-hybridized carbons (Fsp3) is 0.263. The molecule has 1 amide bonds. The van der Waals surface area contributed by atoms with Gasteiger partial charge in [-0.2, -0.15) is 0 Å². The third-order valence-electron chi connectivity index (χ3n) is 3.96. The maximum absolute atomic E-state index is 12.5. The lowest BCUT2D eigenvalue weighted by molar-refractivity contribution is -0.139. The molecule has 1 aliphatic heterocycles. The highest BCUT2D eigenvalue weighted by atomic mass is 32.2. The minimum absolute atomic E-state index is 0.251. The predicted molar refractivity (Wildman–Crippen MR) is 94.1 cm³/mol. The quantitative estimate of drug-likeness (QED) is 0.516. The first-order chi connectivity index (χ1) is 11.6. The summed E-state index contributed by atoms with van der Waals surface area (Å²) < 4.78 is 5.42. The molecule has 5 heteroatoms. The van der Waals surface area contributed by atoms with Crippen molar-refractivity contribution in [2.24, 2.45) is 0 Å². The van der Waals surface area contributed by atoms with Crippen LogP contribution < -0.4 is 5.32 Å². The van der Waals surface area contributed by atoms with E-state index in [1.165, 1.54) is 0 Å². The summed E-state index contributed by atoms with van der Waals surface area (Å²) in [6, 6.07) is 17.3. The first kappa shape index (κ1) is 16.6. The molecule has 24 heavy (non-hydrogen) atoms. The second-order valence-electron chi connectivity index (χ2n) is 5.87. The van der Waals surface area contributed by atoms with Crippen molar-refractivity contribution in [1.29, 1.82) is 0 Å². The van der Waals surface area contributed by atoms with Crippen LogP contribution in [0.25, 0.3) is 0 Å². The summed E-state index contributed by atoms with van der Waals surface area (Å²) in [4.78, 5) is 25.8. The van der Waals surface area contributed by atoms with Gasteiger partial charge in [-0.3, -0.25) is 4.79 Å². The van der Waals surface area contributed by atoms with Crippen molar-refractivity contribution < 1.29 is 14.3 Å². The zero-order valence-electron chi connectivity index (χ0n) is 13.5. The number of nitrogens with one attached hydrogen (secondary N) is 1. The highest BCUT2D eigenvalue weighted by Gasteiger charge is 2.42. The van der Waals surface area contributed by atoms with Crippen LogP contribution in [0, 0.1) is 0 Å². The second kappa shape index (κ2) is 7.09. The lowest BCUT2D eigenvalue weighted by atomic mass is 9.89. The number of ether oxygens (including phenoxy) is 1. The molecule has 1 N–H and O–H groups in total. The van der Waals surface area contributed by atoms with Gasteiger partial charge in [-0.15, -0.1) is 11.8 Å². The van der Waals surface area contributed by atoms with Gasteiger partial charge in [0.05, 0.1) is 5.56 Å². The molecule has 0 saturated heterocycles. The van der Waals surface area contributed by atoms with E-state index in [-0.39, 0.29) is 5.91 Å².